The fourth-order valence-electron chi connectivity index (χ4n) is 3.41. The minimum atomic E-state index is -0.0802. The Morgan fingerprint density at radius 1 is 0.968 bits per heavy atom. The lowest BCUT2D eigenvalue weighted by molar-refractivity contribution is 0.0963. The summed E-state index contributed by atoms with van der Waals surface area (Å²) in [5.74, 6) is 0.712. The van der Waals surface area contributed by atoms with Crippen molar-refractivity contribution < 1.29 is 4.79 Å². The van der Waals surface area contributed by atoms with Crippen molar-refractivity contribution in [3.05, 3.63) is 71.3 Å². The maximum absolute atomic E-state index is 11.7. The highest BCUT2D eigenvalue weighted by atomic mass is 127. The molecule has 0 saturated carbocycles. The van der Waals surface area contributed by atoms with Gasteiger partial charge in [0.25, 0.3) is 5.91 Å². The van der Waals surface area contributed by atoms with E-state index < -0.39 is 0 Å². The van der Waals surface area contributed by atoms with Crippen LogP contribution in [0.25, 0.3) is 0 Å². The van der Waals surface area contributed by atoms with Gasteiger partial charge in [0.1, 0.15) is 0 Å². The minimum absolute atomic E-state index is 0. The van der Waals surface area contributed by atoms with Crippen LogP contribution in [-0.2, 0) is 6.54 Å². The molecule has 0 fully saturated rings. The van der Waals surface area contributed by atoms with Crippen LogP contribution in [-0.4, -0.2) is 50.0 Å². The summed E-state index contributed by atoms with van der Waals surface area (Å²) in [6, 6.07) is 18.4. The quantitative estimate of drug-likeness (QED) is 0.245. The summed E-state index contributed by atoms with van der Waals surface area (Å²) >= 11 is 0. The Hall–Kier alpha value is -2.13. The summed E-state index contributed by atoms with van der Waals surface area (Å²) in [4.78, 5) is 18.9. The van der Waals surface area contributed by atoms with Crippen LogP contribution >= 0.6 is 24.0 Å². The number of aliphatic imine (C=N–C) groups is 1. The Morgan fingerprint density at radius 2 is 1.61 bits per heavy atom. The zero-order chi connectivity index (χ0) is 21.8. The van der Waals surface area contributed by atoms with Gasteiger partial charge in [0.05, 0.1) is 12.6 Å². The number of nitrogens with one attached hydrogen (secondary N) is 3. The first kappa shape index (κ1) is 26.9. The average Bonchev–Trinajstić information content (AvgIpc) is 2.80. The van der Waals surface area contributed by atoms with Crippen molar-refractivity contribution in [3.63, 3.8) is 0 Å². The molecule has 0 aromatic heterocycles. The van der Waals surface area contributed by atoms with Crippen LogP contribution in [0.4, 0.5) is 0 Å². The van der Waals surface area contributed by atoms with E-state index in [0.29, 0.717) is 12.1 Å². The number of hydrogen-bond acceptors (Lipinski definition) is 3. The van der Waals surface area contributed by atoms with E-state index >= 15 is 0 Å². The summed E-state index contributed by atoms with van der Waals surface area (Å²) in [7, 11) is 1.63. The monoisotopic (exact) mass is 537 g/mol. The van der Waals surface area contributed by atoms with Crippen LogP contribution in [0.1, 0.15) is 48.3 Å². The SMILES string of the molecule is CCNC(=NCc1ccc(C(=O)NC)cc1)NCC(c1ccccc1)N(CC)CC.I. The lowest BCUT2D eigenvalue weighted by Crippen LogP contribution is -2.43. The Morgan fingerprint density at radius 3 is 2.16 bits per heavy atom. The zero-order valence-corrected chi connectivity index (χ0v) is 21.4. The van der Waals surface area contributed by atoms with Gasteiger partial charge in [-0.2, -0.15) is 0 Å². The number of rotatable bonds is 10. The number of carbonyl (C=O) groups is 1. The lowest BCUT2D eigenvalue weighted by Gasteiger charge is -2.30. The second-order valence-electron chi connectivity index (χ2n) is 7.00. The molecule has 1 amide bonds. The first-order valence-electron chi connectivity index (χ1n) is 10.7. The molecule has 0 spiro atoms. The molecule has 31 heavy (non-hydrogen) atoms. The van der Waals surface area contributed by atoms with E-state index in [1.165, 1.54) is 5.56 Å². The normalized spacial score (nSPS) is 12.1. The number of benzene rings is 2. The Balaban J connectivity index is 0.00000480. The van der Waals surface area contributed by atoms with Crippen molar-refractivity contribution in [1.29, 1.82) is 0 Å². The van der Waals surface area contributed by atoms with E-state index in [0.717, 1.165) is 37.7 Å². The first-order valence-corrected chi connectivity index (χ1v) is 10.7. The number of guanidine groups is 1. The molecule has 2 aromatic rings. The highest BCUT2D eigenvalue weighted by Crippen LogP contribution is 2.19. The van der Waals surface area contributed by atoms with Gasteiger partial charge in [-0.05, 0) is 43.3 Å². The van der Waals surface area contributed by atoms with Crippen LogP contribution in [0, 0.1) is 0 Å². The first-order chi connectivity index (χ1) is 14.6. The maximum Gasteiger partial charge on any atom is 0.251 e. The third-order valence-electron chi connectivity index (χ3n) is 5.11. The summed E-state index contributed by atoms with van der Waals surface area (Å²) in [5.41, 5.74) is 3.01. The number of carbonyl (C=O) groups excluding carboxylic acids is 1. The third kappa shape index (κ3) is 8.49. The van der Waals surface area contributed by atoms with Crippen molar-refractivity contribution >= 4 is 35.8 Å². The molecule has 2 rings (SSSR count). The van der Waals surface area contributed by atoms with Gasteiger partial charge in [-0.1, -0.05) is 56.3 Å². The zero-order valence-electron chi connectivity index (χ0n) is 19.0. The van der Waals surface area contributed by atoms with Gasteiger partial charge in [-0.15, -0.1) is 24.0 Å². The van der Waals surface area contributed by atoms with Gasteiger partial charge in [0.15, 0.2) is 5.96 Å². The molecule has 0 bridgehead atoms. The molecule has 2 aromatic carbocycles. The van der Waals surface area contributed by atoms with Gasteiger partial charge >= 0.3 is 0 Å². The summed E-state index contributed by atoms with van der Waals surface area (Å²) in [6.45, 7) is 10.5. The second-order valence-corrected chi connectivity index (χ2v) is 7.00. The van der Waals surface area contributed by atoms with Crippen LogP contribution < -0.4 is 16.0 Å². The molecule has 1 unspecified atom stereocenters. The molecular formula is C24H36IN5O. The highest BCUT2D eigenvalue weighted by Gasteiger charge is 2.18. The molecule has 170 valence electrons. The molecular weight excluding hydrogens is 501 g/mol. The molecule has 0 aliphatic rings. The predicted molar refractivity (Wildman–Crippen MR) is 140 cm³/mol. The van der Waals surface area contributed by atoms with Gasteiger partial charge in [-0.25, -0.2) is 4.99 Å². The summed E-state index contributed by atoms with van der Waals surface area (Å²) < 4.78 is 0. The molecule has 0 saturated heterocycles. The third-order valence-corrected chi connectivity index (χ3v) is 5.11. The molecule has 0 aliphatic heterocycles. The average molecular weight is 537 g/mol. The van der Waals surface area contributed by atoms with E-state index in [1.54, 1.807) is 7.05 Å². The Kier molecular flexibility index (Phi) is 12.8. The number of amides is 1. The molecule has 0 radical (unpaired) electrons. The molecule has 7 heteroatoms. The van der Waals surface area contributed by atoms with Crippen molar-refractivity contribution in [2.45, 2.75) is 33.4 Å². The molecule has 1 atom stereocenters. The van der Waals surface area contributed by atoms with Crippen LogP contribution in [0.5, 0.6) is 0 Å². The largest absolute Gasteiger partial charge is 0.357 e. The molecule has 6 nitrogen and oxygen atoms in total. The van der Waals surface area contributed by atoms with Crippen molar-refractivity contribution in [2.75, 3.05) is 33.2 Å². The fraction of sp³-hybridized carbons (Fsp3) is 0.417. The highest BCUT2D eigenvalue weighted by molar-refractivity contribution is 14.0. The summed E-state index contributed by atoms with van der Waals surface area (Å²) in [5, 5.41) is 9.48. The lowest BCUT2D eigenvalue weighted by atomic mass is 10.1. The van der Waals surface area contributed by atoms with Gasteiger partial charge < -0.3 is 16.0 Å². The van der Waals surface area contributed by atoms with E-state index in [-0.39, 0.29) is 35.9 Å². The Bertz CT molecular complexity index is 791. The number of halogens is 1. The van der Waals surface area contributed by atoms with E-state index in [1.807, 2.05) is 24.3 Å². The smallest absolute Gasteiger partial charge is 0.251 e. The van der Waals surface area contributed by atoms with E-state index in [4.69, 9.17) is 4.99 Å². The number of hydrogen-bond donors (Lipinski definition) is 3. The van der Waals surface area contributed by atoms with Gasteiger partial charge in [-0.3, -0.25) is 9.69 Å². The van der Waals surface area contributed by atoms with Crippen LogP contribution in [0.15, 0.2) is 59.6 Å². The van der Waals surface area contributed by atoms with Gasteiger partial charge in [0.2, 0.25) is 0 Å². The summed E-state index contributed by atoms with van der Waals surface area (Å²) in [6.07, 6.45) is 0. The molecule has 0 aliphatic carbocycles. The maximum atomic E-state index is 11.7. The van der Waals surface area contributed by atoms with Crippen molar-refractivity contribution in [3.8, 4) is 0 Å². The fourth-order valence-corrected chi connectivity index (χ4v) is 3.41. The van der Waals surface area contributed by atoms with Gasteiger partial charge in [0, 0.05) is 25.7 Å². The van der Waals surface area contributed by atoms with E-state index in [9.17, 15) is 4.79 Å². The topological polar surface area (TPSA) is 68.8 Å². The van der Waals surface area contributed by atoms with Crippen LogP contribution in [0.3, 0.4) is 0 Å². The van der Waals surface area contributed by atoms with Crippen LogP contribution in [0.2, 0.25) is 0 Å². The predicted octanol–water partition coefficient (Wildman–Crippen LogP) is 3.80. The van der Waals surface area contributed by atoms with Crippen molar-refractivity contribution in [2.24, 2.45) is 4.99 Å². The molecule has 0 heterocycles. The minimum Gasteiger partial charge on any atom is -0.357 e. The molecule has 3 N–H and O–H groups in total. The Labute approximate surface area is 203 Å². The number of nitrogens with zero attached hydrogens (tertiary/aromatic N) is 2. The number of likely N-dealkylation sites (N-methyl/N-ethyl adjacent to an activating group) is 1. The van der Waals surface area contributed by atoms with E-state index in [2.05, 4.69) is 72.0 Å². The standard InChI is InChI=1S/C24H35N5O.HI/c1-5-26-24(27-17-19-13-15-21(16-14-19)23(30)25-4)28-18-22(29(6-2)7-3)20-11-9-8-10-12-20;/h8-16,22H,5-7,17-18H2,1-4H3,(H,25,30)(H2,26,27,28);1H. The second kappa shape index (κ2) is 14.8. The van der Waals surface area contributed by atoms with Crippen molar-refractivity contribution in [1.82, 2.24) is 20.9 Å².